The minimum atomic E-state index is -3.91. The van der Waals surface area contributed by atoms with Crippen LogP contribution in [0.2, 0.25) is 0 Å². The van der Waals surface area contributed by atoms with Crippen molar-refractivity contribution < 1.29 is 18.1 Å². The molecule has 26 heavy (non-hydrogen) atoms. The van der Waals surface area contributed by atoms with Crippen LogP contribution in [0.15, 0.2) is 29.2 Å². The van der Waals surface area contributed by atoms with Gasteiger partial charge in [-0.2, -0.15) is 4.31 Å². The first-order valence-corrected chi connectivity index (χ1v) is 9.97. The average Bonchev–Trinajstić information content (AvgIpc) is 2.61. The Balaban J connectivity index is 2.18. The normalized spacial score (nSPS) is 19.7. The number of nitro groups is 1. The van der Waals surface area contributed by atoms with E-state index in [4.69, 9.17) is 5.73 Å². The first-order chi connectivity index (χ1) is 12.2. The maximum absolute atomic E-state index is 12.9. The van der Waals surface area contributed by atoms with Crippen LogP contribution in [0.4, 0.5) is 5.69 Å². The number of nitro benzene ring substituents is 1. The fourth-order valence-electron chi connectivity index (χ4n) is 2.87. The Labute approximate surface area is 152 Å². The highest BCUT2D eigenvalue weighted by molar-refractivity contribution is 7.89. The summed E-state index contributed by atoms with van der Waals surface area (Å²) < 4.78 is 27.0. The van der Waals surface area contributed by atoms with Crippen molar-refractivity contribution in [3.05, 3.63) is 34.4 Å². The smallest absolute Gasteiger partial charge is 0.269 e. The van der Waals surface area contributed by atoms with Gasteiger partial charge in [0, 0.05) is 31.3 Å². The molecule has 9 nitrogen and oxygen atoms in total. The second kappa shape index (κ2) is 8.56. The molecule has 1 aliphatic heterocycles. The topological polar surface area (TPSA) is 136 Å². The van der Waals surface area contributed by atoms with Crippen molar-refractivity contribution in [1.82, 2.24) is 9.62 Å². The molecule has 1 saturated heterocycles. The van der Waals surface area contributed by atoms with Crippen molar-refractivity contribution >= 4 is 21.6 Å². The predicted octanol–water partition coefficient (Wildman–Crippen LogP) is 0.992. The lowest BCUT2D eigenvalue weighted by atomic mass is 10.0. The maximum Gasteiger partial charge on any atom is 0.269 e. The number of amides is 1. The van der Waals surface area contributed by atoms with Gasteiger partial charge in [-0.05, 0) is 38.3 Å². The Morgan fingerprint density at radius 3 is 2.62 bits per heavy atom. The molecule has 1 amide bonds. The van der Waals surface area contributed by atoms with Crippen molar-refractivity contribution in [3.8, 4) is 0 Å². The number of benzene rings is 1. The average molecular weight is 384 g/mol. The molecular formula is C16H24N4O5S. The summed E-state index contributed by atoms with van der Waals surface area (Å²) in [5.74, 6) is -0.337. The van der Waals surface area contributed by atoms with Crippen LogP contribution in [0.1, 0.15) is 32.6 Å². The van der Waals surface area contributed by atoms with Gasteiger partial charge in [-0.25, -0.2) is 8.42 Å². The first-order valence-electron chi connectivity index (χ1n) is 8.53. The standard InChI is InChI=1S/C16H24N4O5S/c1-12(17)9-10-18-16(21)15-4-2-3-11-19(15)26(24,25)14-7-5-13(6-8-14)20(22)23/h5-8,12,15H,2-4,9-11,17H2,1H3,(H,18,21). The number of nitrogens with one attached hydrogen (secondary N) is 1. The fourth-order valence-corrected chi connectivity index (χ4v) is 4.53. The Kier molecular flexibility index (Phi) is 6.68. The van der Waals surface area contributed by atoms with Gasteiger partial charge >= 0.3 is 0 Å². The lowest BCUT2D eigenvalue weighted by Gasteiger charge is -2.33. The number of hydrogen-bond donors (Lipinski definition) is 2. The summed E-state index contributed by atoms with van der Waals surface area (Å²) in [6, 6.07) is 3.86. The Bertz CT molecular complexity index is 748. The van der Waals surface area contributed by atoms with Crippen LogP contribution < -0.4 is 11.1 Å². The highest BCUT2D eigenvalue weighted by atomic mass is 32.2. The van der Waals surface area contributed by atoms with E-state index in [1.807, 2.05) is 6.92 Å². The van der Waals surface area contributed by atoms with Crippen LogP contribution >= 0.6 is 0 Å². The van der Waals surface area contributed by atoms with Crippen molar-refractivity contribution in [2.45, 2.75) is 49.6 Å². The summed E-state index contributed by atoms with van der Waals surface area (Å²) in [5, 5.41) is 13.5. The van der Waals surface area contributed by atoms with E-state index in [2.05, 4.69) is 5.32 Å². The van der Waals surface area contributed by atoms with Crippen molar-refractivity contribution in [2.75, 3.05) is 13.1 Å². The molecule has 10 heteroatoms. The monoisotopic (exact) mass is 384 g/mol. The number of nitrogens with two attached hydrogens (primary N) is 1. The molecule has 3 N–H and O–H groups in total. The largest absolute Gasteiger partial charge is 0.355 e. The molecule has 0 radical (unpaired) electrons. The van der Waals surface area contributed by atoms with E-state index >= 15 is 0 Å². The summed E-state index contributed by atoms with van der Waals surface area (Å²) in [7, 11) is -3.91. The number of carbonyl (C=O) groups is 1. The number of piperidine rings is 1. The van der Waals surface area contributed by atoms with Gasteiger partial charge in [-0.3, -0.25) is 14.9 Å². The highest BCUT2D eigenvalue weighted by Crippen LogP contribution is 2.26. The quantitative estimate of drug-likeness (QED) is 0.531. The van der Waals surface area contributed by atoms with Crippen LogP contribution in [-0.2, 0) is 14.8 Å². The Hall–Kier alpha value is -2.04. The molecule has 0 saturated carbocycles. The Morgan fingerprint density at radius 2 is 2.04 bits per heavy atom. The van der Waals surface area contributed by atoms with Crippen molar-refractivity contribution in [3.63, 3.8) is 0 Å². The van der Waals surface area contributed by atoms with Gasteiger partial charge in [-0.1, -0.05) is 6.42 Å². The summed E-state index contributed by atoms with van der Waals surface area (Å²) >= 11 is 0. The van der Waals surface area contributed by atoms with Gasteiger partial charge in [0.1, 0.15) is 6.04 Å². The molecule has 0 spiro atoms. The zero-order chi connectivity index (χ0) is 19.3. The summed E-state index contributed by atoms with van der Waals surface area (Å²) in [6.45, 7) is 2.46. The molecule has 2 rings (SSSR count). The number of hydrogen-bond acceptors (Lipinski definition) is 6. The molecule has 0 aliphatic carbocycles. The van der Waals surface area contributed by atoms with Crippen LogP contribution in [0.25, 0.3) is 0 Å². The van der Waals surface area contributed by atoms with Gasteiger partial charge in [0.2, 0.25) is 15.9 Å². The number of rotatable bonds is 7. The van der Waals surface area contributed by atoms with Gasteiger partial charge in [0.05, 0.1) is 9.82 Å². The van der Waals surface area contributed by atoms with E-state index in [9.17, 15) is 23.3 Å². The van der Waals surface area contributed by atoms with E-state index in [1.54, 1.807) is 0 Å². The summed E-state index contributed by atoms with van der Waals surface area (Å²) in [6.07, 6.45) is 2.47. The summed E-state index contributed by atoms with van der Waals surface area (Å²) in [4.78, 5) is 22.6. The minimum Gasteiger partial charge on any atom is -0.355 e. The third-order valence-electron chi connectivity index (χ3n) is 4.31. The minimum absolute atomic E-state index is 0.0541. The van der Waals surface area contributed by atoms with Crippen molar-refractivity contribution in [1.29, 1.82) is 0 Å². The van der Waals surface area contributed by atoms with Crippen LogP contribution in [-0.4, -0.2) is 48.7 Å². The number of sulfonamides is 1. The zero-order valence-corrected chi connectivity index (χ0v) is 15.4. The van der Waals surface area contributed by atoms with Crippen molar-refractivity contribution in [2.24, 2.45) is 5.73 Å². The number of carbonyl (C=O) groups excluding carboxylic acids is 1. The molecule has 1 fully saturated rings. The van der Waals surface area contributed by atoms with E-state index < -0.39 is 21.0 Å². The van der Waals surface area contributed by atoms with Crippen LogP contribution in [0.3, 0.4) is 0 Å². The van der Waals surface area contributed by atoms with Gasteiger partial charge in [0.25, 0.3) is 5.69 Å². The van der Waals surface area contributed by atoms with Crippen LogP contribution in [0, 0.1) is 10.1 Å². The van der Waals surface area contributed by atoms with Gasteiger partial charge in [0.15, 0.2) is 0 Å². The summed E-state index contributed by atoms with van der Waals surface area (Å²) in [5.41, 5.74) is 5.47. The molecule has 1 aliphatic rings. The molecule has 0 aromatic heterocycles. The second-order valence-electron chi connectivity index (χ2n) is 6.44. The Morgan fingerprint density at radius 1 is 1.38 bits per heavy atom. The molecule has 1 heterocycles. The third kappa shape index (κ3) is 4.77. The van der Waals surface area contributed by atoms with E-state index in [0.717, 1.165) is 18.6 Å². The lowest BCUT2D eigenvalue weighted by molar-refractivity contribution is -0.384. The second-order valence-corrected chi connectivity index (χ2v) is 8.33. The first kappa shape index (κ1) is 20.3. The molecular weight excluding hydrogens is 360 g/mol. The zero-order valence-electron chi connectivity index (χ0n) is 14.6. The lowest BCUT2D eigenvalue weighted by Crippen LogP contribution is -2.52. The van der Waals surface area contributed by atoms with E-state index in [0.29, 0.717) is 25.8 Å². The number of non-ortho nitro benzene ring substituents is 1. The van der Waals surface area contributed by atoms with Gasteiger partial charge in [-0.15, -0.1) is 0 Å². The molecule has 144 valence electrons. The molecule has 1 aromatic carbocycles. The highest BCUT2D eigenvalue weighted by Gasteiger charge is 2.37. The van der Waals surface area contributed by atoms with Crippen LogP contribution in [0.5, 0.6) is 0 Å². The van der Waals surface area contributed by atoms with E-state index in [-0.39, 0.29) is 29.1 Å². The fraction of sp³-hybridized carbons (Fsp3) is 0.562. The number of nitrogens with zero attached hydrogens (tertiary/aromatic N) is 2. The SMILES string of the molecule is CC(N)CCNC(=O)C1CCCCN1S(=O)(=O)c1ccc([N+](=O)[O-])cc1. The van der Waals surface area contributed by atoms with Gasteiger partial charge < -0.3 is 11.1 Å². The molecule has 0 bridgehead atoms. The maximum atomic E-state index is 12.9. The molecule has 2 unspecified atom stereocenters. The van der Waals surface area contributed by atoms with E-state index in [1.165, 1.54) is 16.4 Å². The predicted molar refractivity (Wildman–Crippen MR) is 95.9 cm³/mol. The third-order valence-corrected chi connectivity index (χ3v) is 6.23. The molecule has 1 aromatic rings. The molecule has 2 atom stereocenters.